The number of likely N-dealkylation sites (N-methyl/N-ethyl adjacent to an activating group) is 1. The Morgan fingerprint density at radius 2 is 1.78 bits per heavy atom. The molecule has 0 spiro atoms. The fourth-order valence-corrected chi connectivity index (χ4v) is 4.83. The maximum Gasteiger partial charge on any atom is 0.254 e. The van der Waals surface area contributed by atoms with Crippen LogP contribution in [0.25, 0.3) is 0 Å². The molecule has 0 aliphatic rings. The van der Waals surface area contributed by atoms with Crippen molar-refractivity contribution < 1.29 is 18.0 Å². The second kappa shape index (κ2) is 10.1. The van der Waals surface area contributed by atoms with E-state index in [1.807, 2.05) is 43.5 Å². The summed E-state index contributed by atoms with van der Waals surface area (Å²) in [6, 6.07) is 15.1. The first-order chi connectivity index (χ1) is 15.2. The van der Waals surface area contributed by atoms with Crippen LogP contribution < -0.4 is 10.0 Å². The number of nitrogens with one attached hydrogen (secondary N) is 2. The number of nitrogens with zero attached hydrogens (tertiary/aromatic N) is 1. The summed E-state index contributed by atoms with van der Waals surface area (Å²) in [5.74, 6) is -0.785. The van der Waals surface area contributed by atoms with Gasteiger partial charge in [-0.15, -0.1) is 11.3 Å². The fourth-order valence-electron chi connectivity index (χ4n) is 3.04. The van der Waals surface area contributed by atoms with E-state index in [1.165, 1.54) is 47.5 Å². The summed E-state index contributed by atoms with van der Waals surface area (Å²) in [6.45, 7) is 3.88. The number of aryl methyl sites for hydroxylation is 1. The number of amides is 2. The van der Waals surface area contributed by atoms with Gasteiger partial charge in [0.05, 0.1) is 11.4 Å². The van der Waals surface area contributed by atoms with Crippen LogP contribution in [0.1, 0.15) is 26.4 Å². The predicted octanol–water partition coefficient (Wildman–Crippen LogP) is 3.55. The first-order valence-corrected chi connectivity index (χ1v) is 12.3. The normalized spacial score (nSPS) is 11.2. The molecule has 3 aromatic rings. The quantitative estimate of drug-likeness (QED) is 0.525. The van der Waals surface area contributed by atoms with Crippen molar-refractivity contribution in [3.63, 3.8) is 0 Å². The maximum atomic E-state index is 12.8. The van der Waals surface area contributed by atoms with Gasteiger partial charge in [-0.3, -0.25) is 9.59 Å². The van der Waals surface area contributed by atoms with E-state index in [9.17, 15) is 18.0 Å². The summed E-state index contributed by atoms with van der Waals surface area (Å²) in [6.07, 6.45) is 0. The van der Waals surface area contributed by atoms with Gasteiger partial charge in [-0.25, -0.2) is 13.1 Å². The van der Waals surface area contributed by atoms with E-state index >= 15 is 0 Å². The number of carbonyl (C=O) groups is 2. The molecule has 0 aliphatic heterocycles. The molecular weight excluding hydrogens is 446 g/mol. The van der Waals surface area contributed by atoms with Gasteiger partial charge in [0.25, 0.3) is 5.91 Å². The average Bonchev–Trinajstić information content (AvgIpc) is 3.29. The molecule has 1 heterocycles. The van der Waals surface area contributed by atoms with Crippen LogP contribution in [0.4, 0.5) is 5.69 Å². The molecule has 0 fully saturated rings. The number of anilines is 1. The third kappa shape index (κ3) is 5.82. The first kappa shape index (κ1) is 23.6. The van der Waals surface area contributed by atoms with Gasteiger partial charge in [0.15, 0.2) is 0 Å². The lowest BCUT2D eigenvalue weighted by atomic mass is 10.1. The van der Waals surface area contributed by atoms with Crippen LogP contribution in [0.3, 0.4) is 0 Å². The Morgan fingerprint density at radius 1 is 1.03 bits per heavy atom. The van der Waals surface area contributed by atoms with E-state index in [2.05, 4.69) is 10.0 Å². The lowest BCUT2D eigenvalue weighted by Gasteiger charge is -2.18. The molecule has 32 heavy (non-hydrogen) atoms. The molecule has 2 amide bonds. The molecule has 0 aliphatic carbocycles. The van der Waals surface area contributed by atoms with Crippen LogP contribution in [-0.4, -0.2) is 38.7 Å². The zero-order valence-electron chi connectivity index (χ0n) is 18.1. The van der Waals surface area contributed by atoms with Crippen LogP contribution in [0.15, 0.2) is 64.9 Å². The monoisotopic (exact) mass is 471 g/mol. The van der Waals surface area contributed by atoms with Gasteiger partial charge >= 0.3 is 0 Å². The second-order valence-electron chi connectivity index (χ2n) is 7.39. The molecule has 168 valence electrons. The van der Waals surface area contributed by atoms with E-state index in [1.54, 1.807) is 6.07 Å². The Kier molecular flexibility index (Phi) is 7.44. The summed E-state index contributed by atoms with van der Waals surface area (Å²) in [7, 11) is -2.28. The minimum Gasteiger partial charge on any atom is -0.332 e. The number of hydrogen-bond donors (Lipinski definition) is 2. The molecule has 0 bridgehead atoms. The van der Waals surface area contributed by atoms with Crippen molar-refractivity contribution >= 4 is 38.9 Å². The first-order valence-electron chi connectivity index (χ1n) is 9.91. The van der Waals surface area contributed by atoms with Crippen LogP contribution in [0.2, 0.25) is 0 Å². The van der Waals surface area contributed by atoms with E-state index in [0.29, 0.717) is 5.69 Å². The molecule has 2 N–H and O–H groups in total. The number of rotatable bonds is 8. The zero-order valence-corrected chi connectivity index (χ0v) is 19.7. The van der Waals surface area contributed by atoms with Crippen molar-refractivity contribution in [2.45, 2.75) is 25.3 Å². The van der Waals surface area contributed by atoms with Gasteiger partial charge in [-0.1, -0.05) is 24.3 Å². The number of thiophene rings is 1. The topological polar surface area (TPSA) is 95.6 Å². The largest absolute Gasteiger partial charge is 0.332 e. The van der Waals surface area contributed by atoms with Gasteiger partial charge in [0.1, 0.15) is 0 Å². The fraction of sp³-hybridized carbons (Fsp3) is 0.217. The van der Waals surface area contributed by atoms with E-state index in [-0.39, 0.29) is 29.5 Å². The minimum atomic E-state index is -3.78. The van der Waals surface area contributed by atoms with Crippen molar-refractivity contribution in [3.8, 4) is 0 Å². The molecule has 2 aromatic carbocycles. The molecule has 0 unspecified atom stereocenters. The average molecular weight is 472 g/mol. The standard InChI is InChI=1S/C23H25N3O4S2/c1-16-7-4-11-21(17(16)2)25-22(27)15-26(3)23(28)18-8-5-10-20(13-18)32(29,30)24-14-19-9-6-12-31-19/h4-13,24H,14-15H2,1-3H3,(H,25,27). The Hall–Kier alpha value is -3.01. The van der Waals surface area contributed by atoms with Gasteiger partial charge in [-0.05, 0) is 60.7 Å². The Balaban J connectivity index is 1.66. The molecule has 0 saturated heterocycles. The minimum absolute atomic E-state index is 0.00635. The smallest absolute Gasteiger partial charge is 0.254 e. The summed E-state index contributed by atoms with van der Waals surface area (Å²) in [4.78, 5) is 27.4. The van der Waals surface area contributed by atoms with Gasteiger partial charge in [0.2, 0.25) is 15.9 Å². The van der Waals surface area contributed by atoms with Crippen LogP contribution in [0, 0.1) is 13.8 Å². The Bertz CT molecular complexity index is 1220. The molecule has 7 nitrogen and oxygen atoms in total. The highest BCUT2D eigenvalue weighted by atomic mass is 32.2. The third-order valence-corrected chi connectivity index (χ3v) is 7.29. The molecule has 1 aromatic heterocycles. The van der Waals surface area contributed by atoms with Crippen molar-refractivity contribution in [3.05, 3.63) is 81.5 Å². The predicted molar refractivity (Wildman–Crippen MR) is 126 cm³/mol. The second-order valence-corrected chi connectivity index (χ2v) is 10.2. The maximum absolute atomic E-state index is 12.8. The van der Waals surface area contributed by atoms with E-state index < -0.39 is 15.9 Å². The van der Waals surface area contributed by atoms with Crippen LogP contribution in [-0.2, 0) is 21.4 Å². The van der Waals surface area contributed by atoms with Gasteiger partial charge in [0, 0.05) is 29.7 Å². The highest BCUT2D eigenvalue weighted by molar-refractivity contribution is 7.89. The third-order valence-electron chi connectivity index (χ3n) is 5.01. The SMILES string of the molecule is Cc1cccc(NC(=O)CN(C)C(=O)c2cccc(S(=O)(=O)NCc3cccs3)c2)c1C. The summed E-state index contributed by atoms with van der Waals surface area (Å²) >= 11 is 1.45. The number of benzene rings is 2. The Morgan fingerprint density at radius 3 is 2.50 bits per heavy atom. The van der Waals surface area contributed by atoms with Crippen LogP contribution >= 0.6 is 11.3 Å². The molecule has 0 saturated carbocycles. The summed E-state index contributed by atoms with van der Waals surface area (Å²) in [5.41, 5.74) is 2.90. The summed E-state index contributed by atoms with van der Waals surface area (Å²) < 4.78 is 27.8. The molecule has 9 heteroatoms. The van der Waals surface area contributed by atoms with Gasteiger partial charge in [-0.2, -0.15) is 0 Å². The molecule has 0 radical (unpaired) electrons. The summed E-state index contributed by atoms with van der Waals surface area (Å²) in [5, 5.41) is 4.69. The van der Waals surface area contributed by atoms with Crippen molar-refractivity contribution in [1.29, 1.82) is 0 Å². The van der Waals surface area contributed by atoms with E-state index in [0.717, 1.165) is 16.0 Å². The highest BCUT2D eigenvalue weighted by Gasteiger charge is 2.19. The van der Waals surface area contributed by atoms with Crippen molar-refractivity contribution in [2.24, 2.45) is 0 Å². The molecule has 0 atom stereocenters. The van der Waals surface area contributed by atoms with Crippen molar-refractivity contribution in [2.75, 3.05) is 18.9 Å². The lowest BCUT2D eigenvalue weighted by Crippen LogP contribution is -2.35. The number of carbonyl (C=O) groups excluding carboxylic acids is 2. The number of hydrogen-bond acceptors (Lipinski definition) is 5. The Labute approximate surface area is 192 Å². The van der Waals surface area contributed by atoms with Crippen molar-refractivity contribution in [1.82, 2.24) is 9.62 Å². The lowest BCUT2D eigenvalue weighted by molar-refractivity contribution is -0.116. The zero-order chi connectivity index (χ0) is 23.3. The molecule has 3 rings (SSSR count). The molecular formula is C23H25N3O4S2. The highest BCUT2D eigenvalue weighted by Crippen LogP contribution is 2.18. The van der Waals surface area contributed by atoms with E-state index in [4.69, 9.17) is 0 Å². The number of sulfonamides is 1. The van der Waals surface area contributed by atoms with Crippen LogP contribution in [0.5, 0.6) is 0 Å². The van der Waals surface area contributed by atoms with Gasteiger partial charge < -0.3 is 10.2 Å².